The second kappa shape index (κ2) is 47.1. The number of halogens is 9. The third kappa shape index (κ3) is 29.7. The highest BCUT2D eigenvalue weighted by Crippen LogP contribution is 2.35. The van der Waals surface area contributed by atoms with Gasteiger partial charge in [0.1, 0.15) is 36.2 Å². The molecule has 30 nitrogen and oxygen atoms in total. The third-order valence-corrected chi connectivity index (χ3v) is 19.3. The molecule has 4 saturated heterocycles. The normalized spacial score (nSPS) is 13.5. The molecule has 4 aliphatic heterocycles. The average Bonchev–Trinajstić information content (AvgIpc) is 0.781. The number of fused-ring (bicyclic) bond motifs is 1. The van der Waals surface area contributed by atoms with Crippen LogP contribution < -0.4 is 22.7 Å². The predicted octanol–water partition coefficient (Wildman–Crippen LogP) is 8.18. The van der Waals surface area contributed by atoms with Crippen LogP contribution in [0.2, 0.25) is 0 Å². The zero-order valence-corrected chi connectivity index (χ0v) is 72.4. The van der Waals surface area contributed by atoms with Crippen molar-refractivity contribution >= 4 is 200 Å². The summed E-state index contributed by atoms with van der Waals surface area (Å²) in [5.41, 5.74) is 1.70. The number of anilines is 1. The summed E-state index contributed by atoms with van der Waals surface area (Å²) in [5, 5.41) is 47.4. The SMILES string of the molecule is CC(=O)c1cc(C(=O)N(C)C)cc(Br)c1O.CC(=O)c1cc(C(=O)O)cc(Br)c1O.CN(C)C(=O)c1cc(Br)c(O)c(C(=O)CC(=O)N2CCOCC2)c1.CN(C)C(=O)c1cc(Br)c2oc(N3CCOCC3)cc(=O)c2c1.COC(=O)c1cc(Br)c(O)c(C(C)=O)c1.ClC(Cl)=[N+]1CCOCC1.O=C(Cl)N1CCOCC1.[Cl-]. The summed E-state index contributed by atoms with van der Waals surface area (Å²) in [6, 6.07) is 15.5. The number of carbonyl (C=O) groups excluding carboxylic acids is 10. The van der Waals surface area contributed by atoms with Gasteiger partial charge in [-0.3, -0.25) is 47.9 Å². The highest BCUT2D eigenvalue weighted by Gasteiger charge is 2.27. The minimum absolute atomic E-state index is 0. The molecule has 5 amide bonds. The number of amides is 5. The Morgan fingerprint density at radius 3 is 1.19 bits per heavy atom. The molecule has 4 aliphatic rings. The fourth-order valence-electron chi connectivity index (χ4n) is 9.69. The number of hydrogen-bond acceptors (Lipinski definition) is 23. The average molecular weight is 1950 g/mol. The van der Waals surface area contributed by atoms with Gasteiger partial charge < -0.3 is 95.4 Å². The van der Waals surface area contributed by atoms with Crippen LogP contribution in [0.25, 0.3) is 11.0 Å². The topological polar surface area (TPSA) is 388 Å². The van der Waals surface area contributed by atoms with Crippen LogP contribution in [0.3, 0.4) is 0 Å². The Hall–Kier alpha value is -7.65. The van der Waals surface area contributed by atoms with Gasteiger partial charge in [-0.05, 0) is 173 Å². The van der Waals surface area contributed by atoms with Gasteiger partial charge in [-0.15, -0.1) is 0 Å². The molecular formula is C72H80Br5Cl4N7O23. The van der Waals surface area contributed by atoms with Gasteiger partial charge in [0.15, 0.2) is 53.1 Å². The van der Waals surface area contributed by atoms with Crippen LogP contribution in [0.5, 0.6) is 23.0 Å². The molecule has 0 bridgehead atoms. The summed E-state index contributed by atoms with van der Waals surface area (Å²) in [4.78, 5) is 148. The summed E-state index contributed by atoms with van der Waals surface area (Å²) in [5.74, 6) is -4.51. The van der Waals surface area contributed by atoms with Crippen molar-refractivity contribution in [1.82, 2.24) is 24.5 Å². The molecular weight excluding hydrogens is 1870 g/mol. The van der Waals surface area contributed by atoms with Gasteiger partial charge in [-0.25, -0.2) is 14.2 Å². The zero-order valence-electron chi connectivity index (χ0n) is 61.5. The van der Waals surface area contributed by atoms with Crippen molar-refractivity contribution in [2.75, 3.05) is 160 Å². The molecule has 0 radical (unpaired) electrons. The van der Waals surface area contributed by atoms with E-state index in [-0.39, 0.29) is 146 Å². The first kappa shape index (κ1) is 97.5. The first-order valence-electron chi connectivity index (χ1n) is 32.7. The Balaban J connectivity index is 0.000000344. The molecule has 0 aliphatic carbocycles. The predicted molar refractivity (Wildman–Crippen MR) is 426 cm³/mol. The molecule has 5 N–H and O–H groups in total. The van der Waals surface area contributed by atoms with Crippen LogP contribution in [-0.4, -0.2) is 278 Å². The Bertz CT molecular complexity index is 4500. The van der Waals surface area contributed by atoms with E-state index in [2.05, 4.69) is 84.4 Å². The van der Waals surface area contributed by atoms with E-state index in [9.17, 15) is 78.0 Å². The number of phenols is 4. The molecule has 0 spiro atoms. The Kier molecular flexibility index (Phi) is 41.4. The van der Waals surface area contributed by atoms with Crippen molar-refractivity contribution in [1.29, 1.82) is 0 Å². The number of carboxylic acids is 1. The van der Waals surface area contributed by atoms with Gasteiger partial charge in [0, 0.05) is 128 Å². The number of benzene rings is 5. The molecule has 111 heavy (non-hydrogen) atoms. The molecule has 4 fully saturated rings. The highest BCUT2D eigenvalue weighted by atomic mass is 79.9. The molecule has 5 aromatic carbocycles. The molecule has 39 heteroatoms. The van der Waals surface area contributed by atoms with Crippen LogP contribution in [0.15, 0.2) is 98.3 Å². The second-order valence-electron chi connectivity index (χ2n) is 24.1. The van der Waals surface area contributed by atoms with Gasteiger partial charge in [0.25, 0.3) is 17.7 Å². The molecule has 6 aromatic rings. The molecule has 1 aromatic heterocycles. The van der Waals surface area contributed by atoms with Crippen molar-refractivity contribution < 1.29 is 123 Å². The third-order valence-electron chi connectivity index (χ3n) is 15.6. The van der Waals surface area contributed by atoms with Crippen LogP contribution in [0.4, 0.5) is 10.7 Å². The van der Waals surface area contributed by atoms with Gasteiger partial charge >= 0.3 is 21.9 Å². The van der Waals surface area contributed by atoms with Crippen LogP contribution >= 0.6 is 114 Å². The first-order valence-corrected chi connectivity index (χ1v) is 37.8. The van der Waals surface area contributed by atoms with Crippen molar-refractivity contribution in [3.05, 3.63) is 149 Å². The van der Waals surface area contributed by atoms with Gasteiger partial charge in [-0.1, -0.05) is 0 Å². The number of esters is 1. The number of hydrogen-bond donors (Lipinski definition) is 5. The Morgan fingerprint density at radius 2 is 0.820 bits per heavy atom. The minimum atomic E-state index is -1.15. The molecule has 0 unspecified atom stereocenters. The first-order chi connectivity index (χ1) is 51.6. The van der Waals surface area contributed by atoms with Crippen molar-refractivity contribution in [3.63, 3.8) is 0 Å². The maximum atomic E-state index is 12.5. The van der Waals surface area contributed by atoms with Crippen molar-refractivity contribution in [2.45, 2.75) is 27.2 Å². The second-order valence-corrected chi connectivity index (χ2v) is 29.7. The van der Waals surface area contributed by atoms with Crippen LogP contribution in [-0.2, 0) is 28.5 Å². The molecule has 0 saturated carbocycles. The monoisotopic (exact) mass is 1940 g/mol. The van der Waals surface area contributed by atoms with E-state index >= 15 is 0 Å². The highest BCUT2D eigenvalue weighted by molar-refractivity contribution is 9.11. The maximum absolute atomic E-state index is 12.5. The number of rotatable bonds is 12. The number of ketones is 4. The number of methoxy groups -OCH3 is 1. The van der Waals surface area contributed by atoms with E-state index in [0.29, 0.717) is 120 Å². The van der Waals surface area contributed by atoms with Gasteiger partial charge in [0.05, 0.1) is 114 Å². The molecule has 604 valence electrons. The Morgan fingerprint density at radius 1 is 0.477 bits per heavy atom. The Labute approximate surface area is 701 Å². The van der Waals surface area contributed by atoms with Crippen LogP contribution in [0, 0.1) is 0 Å². The number of aromatic hydroxyl groups is 4. The lowest BCUT2D eigenvalue weighted by Gasteiger charge is -2.27. The van der Waals surface area contributed by atoms with E-state index in [4.69, 9.17) is 63.3 Å². The lowest BCUT2D eigenvalue weighted by molar-refractivity contribution is -0.545. The summed E-state index contributed by atoms with van der Waals surface area (Å²) in [6.45, 7) is 13.8. The zero-order chi connectivity index (χ0) is 82.7. The van der Waals surface area contributed by atoms with Crippen LogP contribution in [0.1, 0.15) is 120 Å². The smallest absolute Gasteiger partial charge is 0.341 e. The number of carbonyl (C=O) groups is 11. The van der Waals surface area contributed by atoms with E-state index in [1.54, 1.807) is 64.2 Å². The standard InChI is InChI=1S/C16H19BrN2O5.C16H17BrN2O4.C11H12BrNO3.C10H9BrO4.C9H7BrO4.C5H8Cl2NO.C5H8ClNO2.ClH/c1-18(2)16(23)10-7-11(15(22)12(17)8-10)13(20)9-14(21)19-3-5-24-6-4-19;1-18(2)16(21)10-7-11-13(20)9-14(19-3-5-22-6-4-19)23-15(11)12(17)8-10;1-6(14)8-4-7(11(16)13(2)3)5-9(12)10(8)15;1-5(12)7-3-6(10(14)15-2)4-8(11)9(7)13;1-4(11)6-2-5(9(13)14)3-7(10)8(6)12;6-5(7)8-1-3-9-4-2-8;6-5(8)7-1-3-9-4-2-7;/h7-8,22H,3-6,9H2,1-2H3;7-9H,3-6H2,1-2H3;4-5,15H,1-3H3;3-4,13H,1-2H3;2-3,12H,1H3,(H,13,14);2*1-4H2;1H/q;;;;;+1;;/p-1. The number of morpholine rings is 4. The summed E-state index contributed by atoms with van der Waals surface area (Å²) < 4.78 is 34.9. The largest absolute Gasteiger partial charge is 1.00 e. The minimum Gasteiger partial charge on any atom is -1.00 e. The van der Waals surface area contributed by atoms with Gasteiger partial charge in [0.2, 0.25) is 5.91 Å². The number of Topliss-reactive ketones (excluding diaryl/α,β-unsaturated/α-hetero) is 4. The number of aromatic carboxylic acids is 1. The van der Waals surface area contributed by atoms with Crippen molar-refractivity contribution in [2.24, 2.45) is 0 Å². The lowest BCUT2D eigenvalue weighted by Crippen LogP contribution is -3.00. The lowest BCUT2D eigenvalue weighted by atomic mass is 10.0. The molecule has 5 heterocycles. The van der Waals surface area contributed by atoms with E-state index < -0.39 is 17.7 Å². The number of phenolic OH excluding ortho intramolecular Hbond substituents is 4. The van der Waals surface area contributed by atoms with Crippen molar-refractivity contribution in [3.8, 4) is 23.0 Å². The maximum Gasteiger partial charge on any atom is 0.341 e. The molecule has 10 rings (SSSR count). The van der Waals surface area contributed by atoms with E-state index in [1.165, 1.54) is 91.1 Å². The number of carboxylic acid groups (broad SMARTS) is 1. The fourth-order valence-corrected chi connectivity index (χ4v) is 12.6. The fraction of sp³-hybridized carbons (Fsp3) is 0.375. The van der Waals surface area contributed by atoms with E-state index in [0.717, 1.165) is 32.4 Å². The summed E-state index contributed by atoms with van der Waals surface area (Å²) in [7, 11) is 11.0. The van der Waals surface area contributed by atoms with Gasteiger partial charge in [-0.2, -0.15) is 0 Å². The van der Waals surface area contributed by atoms with E-state index in [1.807, 2.05) is 9.48 Å². The number of ether oxygens (including phenoxy) is 5. The molecule has 0 atom stereocenters. The quantitative estimate of drug-likeness (QED) is 0.0192. The summed E-state index contributed by atoms with van der Waals surface area (Å²) in [6.07, 6.45) is -0.361. The summed E-state index contributed by atoms with van der Waals surface area (Å²) >= 11 is 31.9. The number of nitrogens with zero attached hydrogens (tertiary/aromatic N) is 7.